The molecule has 2 atom stereocenters. The molecule has 1 aliphatic carbocycles. The van der Waals surface area contributed by atoms with Crippen LogP contribution in [0.25, 0.3) is 0 Å². The molecule has 1 amide bonds. The number of carbonyl (C=O) groups excluding carboxylic acids is 2. The van der Waals surface area contributed by atoms with Crippen LogP contribution in [0.5, 0.6) is 0 Å². The second-order valence-corrected chi connectivity index (χ2v) is 5.61. The summed E-state index contributed by atoms with van der Waals surface area (Å²) in [7, 11) is 1.36. The molecule has 0 radical (unpaired) electrons. The number of amides is 1. The van der Waals surface area contributed by atoms with Gasteiger partial charge in [0.1, 0.15) is 11.4 Å². The maximum absolute atomic E-state index is 11.5. The molecule has 1 rings (SSSR count). The molecular formula is C14H22N2O4. The van der Waals surface area contributed by atoms with Crippen LogP contribution in [0.1, 0.15) is 27.2 Å². The van der Waals surface area contributed by atoms with E-state index in [2.05, 4.69) is 21.9 Å². The van der Waals surface area contributed by atoms with Crippen molar-refractivity contribution < 1.29 is 19.1 Å². The summed E-state index contributed by atoms with van der Waals surface area (Å²) in [5.41, 5.74) is -0.562. The summed E-state index contributed by atoms with van der Waals surface area (Å²) in [5, 5.41) is 5.51. The molecule has 6 nitrogen and oxygen atoms in total. The van der Waals surface area contributed by atoms with Crippen LogP contribution in [-0.4, -0.2) is 30.8 Å². The van der Waals surface area contributed by atoms with Gasteiger partial charge in [0.25, 0.3) is 0 Å². The molecule has 112 valence electrons. The van der Waals surface area contributed by atoms with E-state index in [0.717, 1.165) is 0 Å². The standard InChI is InChI=1S/C14H22N2O4/c1-9(16-13(18)20-14(2,3)4)15-11-7-6-10(8-11)12(17)19-5/h6-7,10-11,15H,1,8H2,2-5H3,(H,16,18)/t10-,11+/m1/s1. The fourth-order valence-electron chi connectivity index (χ4n) is 1.82. The van der Waals surface area contributed by atoms with Crippen LogP contribution in [0.3, 0.4) is 0 Å². The first-order valence-electron chi connectivity index (χ1n) is 6.43. The molecule has 20 heavy (non-hydrogen) atoms. The van der Waals surface area contributed by atoms with Gasteiger partial charge in [0, 0.05) is 6.04 Å². The SMILES string of the molecule is C=C(NC(=O)OC(C)(C)C)N[C@H]1C=C[C@@H](C(=O)OC)C1. The normalized spacial score (nSPS) is 21.2. The predicted octanol–water partition coefficient (Wildman–Crippen LogP) is 1.69. The highest BCUT2D eigenvalue weighted by atomic mass is 16.6. The van der Waals surface area contributed by atoms with E-state index < -0.39 is 11.7 Å². The Hall–Kier alpha value is -1.98. The van der Waals surface area contributed by atoms with Gasteiger partial charge in [-0.25, -0.2) is 4.79 Å². The number of hydrogen-bond donors (Lipinski definition) is 2. The van der Waals surface area contributed by atoms with Crippen molar-refractivity contribution in [3.63, 3.8) is 0 Å². The van der Waals surface area contributed by atoms with E-state index >= 15 is 0 Å². The van der Waals surface area contributed by atoms with E-state index in [-0.39, 0.29) is 17.9 Å². The summed E-state index contributed by atoms with van der Waals surface area (Å²) in [6.07, 6.45) is 3.64. The largest absolute Gasteiger partial charge is 0.469 e. The minimum Gasteiger partial charge on any atom is -0.469 e. The molecule has 0 heterocycles. The molecule has 6 heteroatoms. The van der Waals surface area contributed by atoms with Gasteiger partial charge in [-0.05, 0) is 27.2 Å². The average molecular weight is 282 g/mol. The summed E-state index contributed by atoms with van der Waals surface area (Å²) in [6.45, 7) is 9.05. The number of ether oxygens (including phenoxy) is 2. The Bertz CT molecular complexity index is 423. The first kappa shape index (κ1) is 16.1. The number of esters is 1. The Morgan fingerprint density at radius 1 is 1.30 bits per heavy atom. The monoisotopic (exact) mass is 282 g/mol. The second kappa shape index (κ2) is 6.45. The van der Waals surface area contributed by atoms with Crippen molar-refractivity contribution >= 4 is 12.1 Å². The van der Waals surface area contributed by atoms with Gasteiger partial charge in [-0.1, -0.05) is 18.7 Å². The molecular weight excluding hydrogens is 260 g/mol. The number of rotatable bonds is 4. The lowest BCUT2D eigenvalue weighted by molar-refractivity contribution is -0.143. The van der Waals surface area contributed by atoms with Gasteiger partial charge < -0.3 is 14.8 Å². The Morgan fingerprint density at radius 2 is 1.95 bits per heavy atom. The Labute approximate surface area is 119 Å². The van der Waals surface area contributed by atoms with Crippen molar-refractivity contribution in [2.75, 3.05) is 7.11 Å². The summed E-state index contributed by atoms with van der Waals surface area (Å²) in [6, 6.07) is -0.0680. The third kappa shape index (κ3) is 5.34. The maximum atomic E-state index is 11.5. The van der Waals surface area contributed by atoms with Crippen molar-refractivity contribution in [3.05, 3.63) is 24.6 Å². The van der Waals surface area contributed by atoms with Crippen molar-refractivity contribution in [2.45, 2.75) is 38.8 Å². The Balaban J connectivity index is 2.36. The minimum absolute atomic E-state index is 0.0680. The van der Waals surface area contributed by atoms with Crippen LogP contribution in [-0.2, 0) is 14.3 Å². The highest BCUT2D eigenvalue weighted by Gasteiger charge is 2.26. The van der Waals surface area contributed by atoms with E-state index in [0.29, 0.717) is 12.2 Å². The number of alkyl carbamates (subject to hydrolysis) is 1. The van der Waals surface area contributed by atoms with Crippen molar-refractivity contribution in [1.82, 2.24) is 10.6 Å². The third-order valence-corrected chi connectivity index (χ3v) is 2.60. The smallest absolute Gasteiger partial charge is 0.413 e. The topological polar surface area (TPSA) is 76.7 Å². The molecule has 0 aromatic carbocycles. The third-order valence-electron chi connectivity index (χ3n) is 2.60. The number of methoxy groups -OCH3 is 1. The molecule has 0 unspecified atom stereocenters. The maximum Gasteiger partial charge on any atom is 0.413 e. The zero-order chi connectivity index (χ0) is 15.3. The van der Waals surface area contributed by atoms with Gasteiger partial charge in [0.2, 0.25) is 0 Å². The highest BCUT2D eigenvalue weighted by Crippen LogP contribution is 2.19. The van der Waals surface area contributed by atoms with Crippen molar-refractivity contribution in [2.24, 2.45) is 5.92 Å². The molecule has 2 N–H and O–H groups in total. The molecule has 0 saturated carbocycles. The summed E-state index contributed by atoms with van der Waals surface area (Å²) >= 11 is 0. The van der Waals surface area contributed by atoms with E-state index in [1.807, 2.05) is 6.08 Å². The summed E-state index contributed by atoms with van der Waals surface area (Å²) in [5.74, 6) is -0.192. The lowest BCUT2D eigenvalue weighted by atomic mass is 10.1. The van der Waals surface area contributed by atoms with Gasteiger partial charge in [-0.2, -0.15) is 0 Å². The Kier molecular flexibility index (Phi) is 5.19. The van der Waals surface area contributed by atoms with Gasteiger partial charge in [-0.15, -0.1) is 0 Å². The fraction of sp³-hybridized carbons (Fsp3) is 0.571. The van der Waals surface area contributed by atoms with Gasteiger partial charge in [0.05, 0.1) is 13.0 Å². The molecule has 0 aromatic heterocycles. The minimum atomic E-state index is -0.568. The van der Waals surface area contributed by atoms with E-state index in [1.54, 1.807) is 26.8 Å². The van der Waals surface area contributed by atoms with Crippen LogP contribution in [0, 0.1) is 5.92 Å². The number of nitrogens with one attached hydrogen (secondary N) is 2. The Morgan fingerprint density at radius 3 is 2.50 bits per heavy atom. The van der Waals surface area contributed by atoms with Gasteiger partial charge in [-0.3, -0.25) is 10.1 Å². The quantitative estimate of drug-likeness (QED) is 0.606. The van der Waals surface area contributed by atoms with Crippen LogP contribution in [0.4, 0.5) is 4.79 Å². The van der Waals surface area contributed by atoms with Crippen LogP contribution in [0.15, 0.2) is 24.6 Å². The summed E-state index contributed by atoms with van der Waals surface area (Å²) < 4.78 is 9.78. The van der Waals surface area contributed by atoms with E-state index in [1.165, 1.54) is 7.11 Å². The number of hydrogen-bond acceptors (Lipinski definition) is 5. The first-order chi connectivity index (χ1) is 9.21. The van der Waals surface area contributed by atoms with Gasteiger partial charge >= 0.3 is 12.1 Å². The average Bonchev–Trinajstić information content (AvgIpc) is 2.73. The van der Waals surface area contributed by atoms with Crippen molar-refractivity contribution in [3.8, 4) is 0 Å². The number of carbonyl (C=O) groups is 2. The second-order valence-electron chi connectivity index (χ2n) is 5.61. The molecule has 0 fully saturated rings. The van der Waals surface area contributed by atoms with Crippen LogP contribution < -0.4 is 10.6 Å². The molecule has 0 spiro atoms. The molecule has 0 aliphatic heterocycles. The molecule has 1 aliphatic rings. The lowest BCUT2D eigenvalue weighted by Gasteiger charge is -2.21. The van der Waals surface area contributed by atoms with Crippen molar-refractivity contribution in [1.29, 1.82) is 0 Å². The predicted molar refractivity (Wildman–Crippen MR) is 74.7 cm³/mol. The van der Waals surface area contributed by atoms with Gasteiger partial charge in [0.15, 0.2) is 0 Å². The van der Waals surface area contributed by atoms with Crippen LogP contribution >= 0.6 is 0 Å². The lowest BCUT2D eigenvalue weighted by Crippen LogP contribution is -2.38. The van der Waals surface area contributed by atoms with Crippen LogP contribution in [0.2, 0.25) is 0 Å². The zero-order valence-electron chi connectivity index (χ0n) is 12.4. The first-order valence-corrected chi connectivity index (χ1v) is 6.43. The zero-order valence-corrected chi connectivity index (χ0v) is 12.4. The fourth-order valence-corrected chi connectivity index (χ4v) is 1.82. The van der Waals surface area contributed by atoms with E-state index in [4.69, 9.17) is 4.74 Å². The summed E-state index contributed by atoms with van der Waals surface area (Å²) in [4.78, 5) is 22.9. The highest BCUT2D eigenvalue weighted by molar-refractivity contribution is 5.75. The van der Waals surface area contributed by atoms with E-state index in [9.17, 15) is 9.59 Å². The molecule has 0 bridgehead atoms. The molecule has 0 saturated heterocycles. The molecule has 0 aromatic rings.